The van der Waals surface area contributed by atoms with Crippen LogP contribution in [0.2, 0.25) is 0 Å². The normalized spacial score (nSPS) is 21.2. The summed E-state index contributed by atoms with van der Waals surface area (Å²) in [7, 11) is 1.89. The van der Waals surface area contributed by atoms with E-state index in [1.807, 2.05) is 25.5 Å². The molecule has 7 heteroatoms. The second-order valence-corrected chi connectivity index (χ2v) is 7.82. The molecule has 0 saturated carbocycles. The lowest BCUT2D eigenvalue weighted by Crippen LogP contribution is -2.28. The van der Waals surface area contributed by atoms with Crippen molar-refractivity contribution in [3.63, 3.8) is 0 Å². The molecule has 1 saturated heterocycles. The minimum absolute atomic E-state index is 0.00246. The maximum atomic E-state index is 12.7. The minimum Gasteiger partial charge on any atom is -0.315 e. The average Bonchev–Trinajstić information content (AvgIpc) is 3.17. The quantitative estimate of drug-likeness (QED) is 0.796. The van der Waals surface area contributed by atoms with Gasteiger partial charge in [-0.1, -0.05) is 20.8 Å². The molecule has 3 rings (SSSR count). The summed E-state index contributed by atoms with van der Waals surface area (Å²) in [5.41, 5.74) is 2.30. The number of rotatable bonds is 4. The summed E-state index contributed by atoms with van der Waals surface area (Å²) < 4.78 is 1.77. The lowest BCUT2D eigenvalue weighted by molar-refractivity contribution is -0.119. The van der Waals surface area contributed by atoms with Crippen LogP contribution in [0, 0.1) is 11.3 Å². The number of nitrogens with zero attached hydrogens (tertiary/aromatic N) is 3. The first-order valence-electron chi connectivity index (χ1n) is 8.36. The summed E-state index contributed by atoms with van der Waals surface area (Å²) >= 11 is 0. The predicted molar refractivity (Wildman–Crippen MR) is 92.7 cm³/mol. The van der Waals surface area contributed by atoms with Crippen LogP contribution in [0.1, 0.15) is 37.9 Å². The zero-order chi connectivity index (χ0) is 17.3. The fourth-order valence-corrected chi connectivity index (χ4v) is 3.24. The maximum absolute atomic E-state index is 12.7. The number of hydrogen-bond donors (Lipinski definition) is 3. The fraction of sp³-hybridized carbons (Fsp3) is 0.588. The second-order valence-electron chi connectivity index (χ2n) is 7.82. The van der Waals surface area contributed by atoms with E-state index in [9.17, 15) is 4.79 Å². The summed E-state index contributed by atoms with van der Waals surface area (Å²) in [6.07, 6.45) is 4.71. The molecule has 24 heavy (non-hydrogen) atoms. The van der Waals surface area contributed by atoms with Crippen molar-refractivity contribution in [3.05, 3.63) is 29.7 Å². The maximum Gasteiger partial charge on any atom is 0.230 e. The van der Waals surface area contributed by atoms with Crippen LogP contribution in [0.4, 0.5) is 5.82 Å². The molecule has 1 fully saturated rings. The molecule has 0 spiro atoms. The van der Waals surface area contributed by atoms with Crippen molar-refractivity contribution < 1.29 is 4.79 Å². The van der Waals surface area contributed by atoms with Crippen LogP contribution in [0.5, 0.6) is 0 Å². The Bertz CT molecular complexity index is 711. The molecular formula is C17H26N6O. The van der Waals surface area contributed by atoms with Crippen LogP contribution in [-0.2, 0) is 18.3 Å². The molecular weight excluding hydrogens is 304 g/mol. The Labute approximate surface area is 142 Å². The van der Waals surface area contributed by atoms with Gasteiger partial charge in [-0.25, -0.2) is 0 Å². The van der Waals surface area contributed by atoms with E-state index in [1.54, 1.807) is 4.68 Å². The first-order valence-corrected chi connectivity index (χ1v) is 8.36. The molecule has 0 bridgehead atoms. The molecule has 3 N–H and O–H groups in total. The van der Waals surface area contributed by atoms with Gasteiger partial charge in [-0.2, -0.15) is 10.2 Å². The summed E-state index contributed by atoms with van der Waals surface area (Å²) in [4.78, 5) is 12.7. The van der Waals surface area contributed by atoms with Crippen LogP contribution in [0.15, 0.2) is 18.5 Å². The van der Waals surface area contributed by atoms with Gasteiger partial charge in [0.2, 0.25) is 5.91 Å². The van der Waals surface area contributed by atoms with Crippen molar-refractivity contribution in [1.82, 2.24) is 25.3 Å². The Morgan fingerprint density at radius 2 is 2.21 bits per heavy atom. The van der Waals surface area contributed by atoms with Gasteiger partial charge in [0, 0.05) is 44.0 Å². The number of nitrogens with one attached hydrogen (secondary N) is 3. The highest BCUT2D eigenvalue weighted by Crippen LogP contribution is 2.29. The van der Waals surface area contributed by atoms with E-state index in [2.05, 4.69) is 46.7 Å². The first kappa shape index (κ1) is 16.7. The molecule has 0 aromatic carbocycles. The molecule has 2 atom stereocenters. The van der Waals surface area contributed by atoms with Crippen LogP contribution in [-0.4, -0.2) is 39.0 Å². The number of hydrogen-bond acceptors (Lipinski definition) is 4. The minimum atomic E-state index is -0.114. The van der Waals surface area contributed by atoms with E-state index in [0.29, 0.717) is 12.4 Å². The highest BCUT2D eigenvalue weighted by molar-refractivity contribution is 5.92. The predicted octanol–water partition coefficient (Wildman–Crippen LogP) is 1.67. The number of anilines is 1. The Hall–Kier alpha value is -2.15. The van der Waals surface area contributed by atoms with E-state index in [1.165, 1.54) is 0 Å². The van der Waals surface area contributed by atoms with Crippen molar-refractivity contribution in [3.8, 4) is 0 Å². The highest BCUT2D eigenvalue weighted by Gasteiger charge is 2.35. The number of aromatic nitrogens is 4. The number of carbonyl (C=O) groups excluding carboxylic acids is 1. The lowest BCUT2D eigenvalue weighted by atomic mass is 9.90. The molecule has 7 nitrogen and oxygen atoms in total. The Balaban J connectivity index is 1.66. The van der Waals surface area contributed by atoms with Gasteiger partial charge < -0.3 is 10.6 Å². The lowest BCUT2D eigenvalue weighted by Gasteiger charge is -2.16. The molecule has 1 aliphatic rings. The number of amides is 1. The Morgan fingerprint density at radius 1 is 1.42 bits per heavy atom. The SMILES string of the molecule is Cn1cc([C@H]2CNC[C@@H]2C(=O)Nc2cc(CC(C)(C)C)[nH]n2)cn1. The average molecular weight is 330 g/mol. The third-order valence-electron chi connectivity index (χ3n) is 4.31. The smallest absolute Gasteiger partial charge is 0.230 e. The molecule has 2 aromatic heterocycles. The van der Waals surface area contributed by atoms with Gasteiger partial charge in [-0.3, -0.25) is 14.6 Å². The number of aromatic amines is 1. The van der Waals surface area contributed by atoms with Crippen LogP contribution >= 0.6 is 0 Å². The monoisotopic (exact) mass is 330 g/mol. The van der Waals surface area contributed by atoms with E-state index >= 15 is 0 Å². The molecule has 3 heterocycles. The van der Waals surface area contributed by atoms with E-state index in [-0.39, 0.29) is 23.2 Å². The summed E-state index contributed by atoms with van der Waals surface area (Å²) in [5, 5.41) is 17.7. The van der Waals surface area contributed by atoms with Gasteiger partial charge in [0.05, 0.1) is 12.1 Å². The van der Waals surface area contributed by atoms with Crippen LogP contribution in [0.3, 0.4) is 0 Å². The van der Waals surface area contributed by atoms with E-state index in [4.69, 9.17) is 0 Å². The van der Waals surface area contributed by atoms with Crippen molar-refractivity contribution >= 4 is 11.7 Å². The van der Waals surface area contributed by atoms with Gasteiger partial charge in [-0.05, 0) is 17.4 Å². The number of H-pyrrole nitrogens is 1. The number of carbonyl (C=O) groups is 1. The highest BCUT2D eigenvalue weighted by atomic mass is 16.2. The Kier molecular flexibility index (Phi) is 4.45. The molecule has 2 aromatic rings. The van der Waals surface area contributed by atoms with Gasteiger partial charge in [0.25, 0.3) is 0 Å². The van der Waals surface area contributed by atoms with Crippen LogP contribution < -0.4 is 10.6 Å². The third kappa shape index (κ3) is 3.84. The van der Waals surface area contributed by atoms with E-state index in [0.717, 1.165) is 24.2 Å². The van der Waals surface area contributed by atoms with Gasteiger partial charge >= 0.3 is 0 Å². The standard InChI is InChI=1S/C17H26N6O/c1-17(2,3)6-12-5-15(22-21-12)20-16(24)14-9-18-8-13(14)11-7-19-23(4)10-11/h5,7,10,13-14,18H,6,8-9H2,1-4H3,(H2,20,21,22,24)/t13-,14+/m1/s1. The summed E-state index contributed by atoms with van der Waals surface area (Å²) in [6, 6.07) is 1.92. The summed E-state index contributed by atoms with van der Waals surface area (Å²) in [5.74, 6) is 0.627. The molecule has 130 valence electrons. The van der Waals surface area contributed by atoms with Gasteiger partial charge in [0.15, 0.2) is 5.82 Å². The van der Waals surface area contributed by atoms with Gasteiger partial charge in [0.1, 0.15) is 0 Å². The first-order chi connectivity index (χ1) is 11.3. The fourth-order valence-electron chi connectivity index (χ4n) is 3.24. The molecule has 0 radical (unpaired) electrons. The topological polar surface area (TPSA) is 87.6 Å². The molecule has 1 aliphatic heterocycles. The molecule has 1 amide bonds. The zero-order valence-corrected chi connectivity index (χ0v) is 14.8. The van der Waals surface area contributed by atoms with Crippen molar-refractivity contribution in [2.24, 2.45) is 18.4 Å². The third-order valence-corrected chi connectivity index (χ3v) is 4.31. The number of aryl methyl sites for hydroxylation is 1. The van der Waals surface area contributed by atoms with Crippen molar-refractivity contribution in [1.29, 1.82) is 0 Å². The summed E-state index contributed by atoms with van der Waals surface area (Å²) in [6.45, 7) is 7.99. The van der Waals surface area contributed by atoms with Gasteiger partial charge in [-0.15, -0.1) is 0 Å². The van der Waals surface area contributed by atoms with Crippen molar-refractivity contribution in [2.75, 3.05) is 18.4 Å². The molecule has 0 aliphatic carbocycles. The largest absolute Gasteiger partial charge is 0.315 e. The zero-order valence-electron chi connectivity index (χ0n) is 14.8. The second kappa shape index (κ2) is 6.39. The van der Waals surface area contributed by atoms with Crippen molar-refractivity contribution in [2.45, 2.75) is 33.1 Å². The Morgan fingerprint density at radius 3 is 2.88 bits per heavy atom. The molecule has 0 unspecified atom stereocenters. The van der Waals surface area contributed by atoms with E-state index < -0.39 is 0 Å². The van der Waals surface area contributed by atoms with Crippen LogP contribution in [0.25, 0.3) is 0 Å².